The maximum absolute atomic E-state index is 13.3. The third kappa shape index (κ3) is 4.65. The van der Waals surface area contributed by atoms with E-state index in [4.69, 9.17) is 9.72 Å². The molecule has 1 aromatic heterocycles. The number of amides is 1. The highest BCUT2D eigenvalue weighted by Gasteiger charge is 2.30. The van der Waals surface area contributed by atoms with Crippen molar-refractivity contribution in [3.8, 4) is 0 Å². The zero-order chi connectivity index (χ0) is 21.1. The molecule has 0 N–H and O–H groups in total. The van der Waals surface area contributed by atoms with Gasteiger partial charge in [0.1, 0.15) is 9.88 Å². The Kier molecular flexibility index (Phi) is 6.94. The molecule has 1 aliphatic carbocycles. The summed E-state index contributed by atoms with van der Waals surface area (Å²) in [5, 5.41) is 0.981. The quantitative estimate of drug-likeness (QED) is 0.684. The van der Waals surface area contributed by atoms with Crippen molar-refractivity contribution in [1.29, 1.82) is 0 Å². The molecule has 2 fully saturated rings. The van der Waals surface area contributed by atoms with Crippen LogP contribution in [0.2, 0.25) is 0 Å². The molecule has 30 heavy (non-hydrogen) atoms. The average molecular weight is 430 g/mol. The molecule has 0 spiro atoms. The van der Waals surface area contributed by atoms with Crippen molar-refractivity contribution in [1.82, 2.24) is 14.8 Å². The van der Waals surface area contributed by atoms with Gasteiger partial charge < -0.3 is 14.5 Å². The van der Waals surface area contributed by atoms with Crippen molar-refractivity contribution in [2.45, 2.75) is 64.8 Å². The highest BCUT2D eigenvalue weighted by atomic mass is 32.1. The van der Waals surface area contributed by atoms with Gasteiger partial charge in [0.05, 0.1) is 18.6 Å². The van der Waals surface area contributed by atoms with Crippen molar-refractivity contribution in [2.24, 2.45) is 5.92 Å². The minimum atomic E-state index is 0.169. The number of aryl methyl sites for hydroxylation is 1. The van der Waals surface area contributed by atoms with Crippen LogP contribution in [0.1, 0.15) is 72.2 Å². The number of methoxy groups -OCH3 is 1. The molecular formula is C24H35N3O2S. The fourth-order valence-electron chi connectivity index (χ4n) is 5.02. The van der Waals surface area contributed by atoms with Gasteiger partial charge in [-0.2, -0.15) is 0 Å². The second-order valence-electron chi connectivity index (χ2n) is 8.97. The Morgan fingerprint density at radius 2 is 1.80 bits per heavy atom. The van der Waals surface area contributed by atoms with E-state index < -0.39 is 0 Å². The molecule has 3 heterocycles. The Labute approximate surface area is 184 Å². The summed E-state index contributed by atoms with van der Waals surface area (Å²) in [6.45, 7) is 8.38. The summed E-state index contributed by atoms with van der Waals surface area (Å²) in [6, 6.07) is 0.653. The van der Waals surface area contributed by atoms with Crippen molar-refractivity contribution in [2.75, 3.05) is 33.3 Å². The Morgan fingerprint density at radius 3 is 2.43 bits per heavy atom. The predicted octanol–water partition coefficient (Wildman–Crippen LogP) is 4.89. The number of carbonyl (C=O) groups excluding carboxylic acids is 1. The molecule has 0 radical (unpaired) electrons. The molecule has 6 heteroatoms. The topological polar surface area (TPSA) is 45.7 Å². The smallest absolute Gasteiger partial charge is 0.265 e. The molecule has 0 bridgehead atoms. The molecule has 1 unspecified atom stereocenters. The highest BCUT2D eigenvalue weighted by Crippen LogP contribution is 2.36. The average Bonchev–Trinajstić information content (AvgIpc) is 2.96. The lowest BCUT2D eigenvalue weighted by Gasteiger charge is -2.38. The lowest BCUT2D eigenvalue weighted by molar-refractivity contribution is 0.0626. The van der Waals surface area contributed by atoms with E-state index in [9.17, 15) is 4.79 Å². The molecular weight excluding hydrogens is 394 g/mol. The third-order valence-electron chi connectivity index (χ3n) is 6.90. The highest BCUT2D eigenvalue weighted by molar-refractivity contribution is 7.14. The summed E-state index contributed by atoms with van der Waals surface area (Å²) in [4.78, 5) is 23.6. The molecule has 164 valence electrons. The number of piperidine rings is 1. The van der Waals surface area contributed by atoms with E-state index in [2.05, 4.69) is 22.8 Å². The molecule has 1 amide bonds. The zero-order valence-corrected chi connectivity index (χ0v) is 19.5. The van der Waals surface area contributed by atoms with Gasteiger partial charge in [0, 0.05) is 25.6 Å². The summed E-state index contributed by atoms with van der Waals surface area (Å²) >= 11 is 1.56. The monoisotopic (exact) mass is 429 g/mol. The normalized spacial score (nSPS) is 24.2. The van der Waals surface area contributed by atoms with Crippen LogP contribution in [0.15, 0.2) is 17.9 Å². The summed E-state index contributed by atoms with van der Waals surface area (Å²) in [7, 11) is 1.72. The largest absolute Gasteiger partial charge is 0.501 e. The first kappa shape index (κ1) is 21.6. The molecule has 2 aliphatic heterocycles. The van der Waals surface area contributed by atoms with E-state index in [-0.39, 0.29) is 5.91 Å². The van der Waals surface area contributed by atoms with Gasteiger partial charge in [-0.1, -0.05) is 25.8 Å². The number of hydrogen-bond donors (Lipinski definition) is 0. The molecule has 4 rings (SSSR count). The first-order valence-corrected chi connectivity index (χ1v) is 12.3. The Morgan fingerprint density at radius 1 is 1.10 bits per heavy atom. The molecule has 5 nitrogen and oxygen atoms in total. The van der Waals surface area contributed by atoms with E-state index in [0.717, 1.165) is 53.7 Å². The van der Waals surface area contributed by atoms with Crippen molar-refractivity contribution in [3.63, 3.8) is 0 Å². The van der Waals surface area contributed by atoms with Gasteiger partial charge >= 0.3 is 0 Å². The number of allylic oxidation sites excluding steroid dienone is 4. The molecule has 0 saturated carbocycles. The second kappa shape index (κ2) is 9.65. The van der Waals surface area contributed by atoms with Gasteiger partial charge in [0.25, 0.3) is 5.91 Å². The number of thiazole rings is 1. The summed E-state index contributed by atoms with van der Waals surface area (Å²) in [5.41, 5.74) is 2.08. The number of ether oxygens (including phenoxy) is 1. The first-order valence-electron chi connectivity index (χ1n) is 11.5. The minimum Gasteiger partial charge on any atom is -0.501 e. The van der Waals surface area contributed by atoms with Gasteiger partial charge in [-0.25, -0.2) is 4.98 Å². The SMILES string of the molecule is COC1=CC=C(c2nc(C)c(C(=O)N3CCC(N4CCCCCC4)CC3)s2)C(C)C1. The van der Waals surface area contributed by atoms with Crippen LogP contribution in [0.3, 0.4) is 0 Å². The molecule has 1 atom stereocenters. The van der Waals surface area contributed by atoms with E-state index in [1.54, 1.807) is 18.4 Å². The summed E-state index contributed by atoms with van der Waals surface area (Å²) < 4.78 is 5.39. The fourth-order valence-corrected chi connectivity index (χ4v) is 6.19. The number of hydrogen-bond acceptors (Lipinski definition) is 5. The maximum Gasteiger partial charge on any atom is 0.265 e. The lowest BCUT2D eigenvalue weighted by atomic mass is 9.92. The van der Waals surface area contributed by atoms with Crippen LogP contribution in [0.25, 0.3) is 5.57 Å². The second-order valence-corrected chi connectivity index (χ2v) is 9.97. The van der Waals surface area contributed by atoms with E-state index in [0.29, 0.717) is 12.0 Å². The van der Waals surface area contributed by atoms with Gasteiger partial charge in [-0.3, -0.25) is 4.79 Å². The lowest BCUT2D eigenvalue weighted by Crippen LogP contribution is -2.47. The van der Waals surface area contributed by atoms with Gasteiger partial charge in [0.15, 0.2) is 0 Å². The number of aromatic nitrogens is 1. The molecule has 2 saturated heterocycles. The number of rotatable bonds is 4. The Bertz CT molecular complexity index is 812. The van der Waals surface area contributed by atoms with E-state index in [1.807, 2.05) is 13.0 Å². The summed E-state index contributed by atoms with van der Waals surface area (Å²) in [6.07, 6.45) is 12.6. The van der Waals surface area contributed by atoms with Crippen LogP contribution in [-0.2, 0) is 4.74 Å². The Balaban J connectivity index is 1.41. The van der Waals surface area contributed by atoms with E-state index >= 15 is 0 Å². The third-order valence-corrected chi connectivity index (χ3v) is 8.09. The van der Waals surface area contributed by atoms with Crippen LogP contribution in [0.4, 0.5) is 0 Å². The fraction of sp³-hybridized carbons (Fsp3) is 0.667. The van der Waals surface area contributed by atoms with Gasteiger partial charge in [-0.05, 0) is 63.3 Å². The maximum atomic E-state index is 13.3. The van der Waals surface area contributed by atoms with Crippen molar-refractivity contribution >= 4 is 22.8 Å². The number of nitrogens with zero attached hydrogens (tertiary/aromatic N) is 3. The molecule has 0 aromatic carbocycles. The Hall–Kier alpha value is -1.66. The predicted molar refractivity (Wildman–Crippen MR) is 123 cm³/mol. The van der Waals surface area contributed by atoms with Crippen LogP contribution in [-0.4, -0.2) is 60.0 Å². The van der Waals surface area contributed by atoms with Crippen LogP contribution < -0.4 is 0 Å². The minimum absolute atomic E-state index is 0.169. The van der Waals surface area contributed by atoms with Crippen molar-refractivity contribution in [3.05, 3.63) is 33.5 Å². The van der Waals surface area contributed by atoms with Gasteiger partial charge in [-0.15, -0.1) is 11.3 Å². The summed E-state index contributed by atoms with van der Waals surface area (Å²) in [5.74, 6) is 1.52. The number of carbonyl (C=O) groups is 1. The first-order chi connectivity index (χ1) is 14.6. The zero-order valence-electron chi connectivity index (χ0n) is 18.7. The standard InChI is InChI=1S/C24H35N3O2S/c1-17-16-20(29-3)8-9-21(17)23-25-18(2)22(30-23)24(28)27-14-10-19(11-15-27)26-12-6-4-5-7-13-26/h8-9,17,19H,4-7,10-16H2,1-3H3. The van der Waals surface area contributed by atoms with E-state index in [1.165, 1.54) is 44.3 Å². The van der Waals surface area contributed by atoms with Gasteiger partial charge in [0.2, 0.25) is 0 Å². The molecule has 1 aromatic rings. The van der Waals surface area contributed by atoms with Crippen LogP contribution >= 0.6 is 11.3 Å². The van der Waals surface area contributed by atoms with Crippen LogP contribution in [0, 0.1) is 12.8 Å². The van der Waals surface area contributed by atoms with Crippen molar-refractivity contribution < 1.29 is 9.53 Å². The van der Waals surface area contributed by atoms with Crippen LogP contribution in [0.5, 0.6) is 0 Å². The number of likely N-dealkylation sites (tertiary alicyclic amines) is 2. The molecule has 3 aliphatic rings.